The Morgan fingerprint density at radius 2 is 2.00 bits per heavy atom. The van der Waals surface area contributed by atoms with Crippen molar-refractivity contribution in [1.82, 2.24) is 14.8 Å². The molecule has 168 valence electrons. The van der Waals surface area contributed by atoms with Crippen LogP contribution in [0.3, 0.4) is 0 Å². The highest BCUT2D eigenvalue weighted by molar-refractivity contribution is 6.33. The predicted molar refractivity (Wildman–Crippen MR) is 112 cm³/mol. The Balaban J connectivity index is 2.03. The molecular formula is C20H14Cl3F2N3O4. The number of carbonyl (C=O) groups is 1. The number of alkyl halides is 3. The molecule has 0 amide bonds. The van der Waals surface area contributed by atoms with E-state index in [0.717, 1.165) is 4.57 Å². The minimum atomic E-state index is -3.89. The summed E-state index contributed by atoms with van der Waals surface area (Å²) >= 11 is 18.0. The lowest BCUT2D eigenvalue weighted by atomic mass is 9.99. The molecule has 1 aliphatic rings. The van der Waals surface area contributed by atoms with Gasteiger partial charge in [0.2, 0.25) is 5.82 Å². The molecule has 7 nitrogen and oxygen atoms in total. The molecule has 1 N–H and O–H groups in total. The highest BCUT2D eigenvalue weighted by atomic mass is 35.5. The molecule has 2 heterocycles. The molecule has 0 fully saturated rings. The average Bonchev–Trinajstić information content (AvgIpc) is 3.12. The second-order valence-corrected chi connectivity index (χ2v) is 8.17. The molecule has 0 unspecified atom stereocenters. The number of carboxylic acid groups (broad SMARTS) is 1. The minimum Gasteiger partial charge on any atom is -0.495 e. The van der Waals surface area contributed by atoms with Crippen LogP contribution in [0.2, 0.25) is 10.0 Å². The number of hydrogen-bond donors (Lipinski definition) is 1. The van der Waals surface area contributed by atoms with E-state index in [9.17, 15) is 18.7 Å². The van der Waals surface area contributed by atoms with Gasteiger partial charge in [0.1, 0.15) is 18.0 Å². The van der Waals surface area contributed by atoms with Crippen molar-refractivity contribution in [2.45, 2.75) is 24.0 Å². The Hall–Kier alpha value is -2.46. The molecule has 32 heavy (non-hydrogen) atoms. The minimum absolute atomic E-state index is 0.146. The van der Waals surface area contributed by atoms with Crippen molar-refractivity contribution in [2.24, 2.45) is 0 Å². The Morgan fingerprint density at radius 1 is 1.25 bits per heavy atom. The molecular weight excluding hydrogens is 491 g/mol. The van der Waals surface area contributed by atoms with Crippen molar-refractivity contribution in [3.8, 4) is 11.4 Å². The number of aliphatic carboxylic acids is 1. The fourth-order valence-electron chi connectivity index (χ4n) is 3.59. The van der Waals surface area contributed by atoms with Crippen LogP contribution in [0, 0.1) is 0 Å². The van der Waals surface area contributed by atoms with Gasteiger partial charge in [-0.3, -0.25) is 9.36 Å². The van der Waals surface area contributed by atoms with E-state index in [1.54, 1.807) is 18.2 Å². The van der Waals surface area contributed by atoms with E-state index in [0.29, 0.717) is 21.9 Å². The van der Waals surface area contributed by atoms with E-state index in [4.69, 9.17) is 44.3 Å². The number of aromatic nitrogens is 3. The maximum atomic E-state index is 14.2. The molecule has 12 heteroatoms. The number of nitrogens with zero attached hydrogens (tertiary/aromatic N) is 3. The molecule has 0 aliphatic carbocycles. The third-order valence-electron chi connectivity index (χ3n) is 4.90. The van der Waals surface area contributed by atoms with Crippen LogP contribution in [-0.2, 0) is 14.9 Å². The van der Waals surface area contributed by atoms with E-state index in [2.05, 4.69) is 10.2 Å². The summed E-state index contributed by atoms with van der Waals surface area (Å²) in [4.78, 5) is 11.6. The lowest BCUT2D eigenvalue weighted by Gasteiger charge is -2.23. The molecule has 2 atom stereocenters. The van der Waals surface area contributed by atoms with Gasteiger partial charge in [-0.1, -0.05) is 35.3 Å². The van der Waals surface area contributed by atoms with Crippen molar-refractivity contribution in [3.63, 3.8) is 0 Å². The molecule has 4 rings (SSSR count). The molecule has 0 spiro atoms. The van der Waals surface area contributed by atoms with Crippen LogP contribution in [0.1, 0.15) is 41.4 Å². The zero-order chi connectivity index (χ0) is 23.2. The van der Waals surface area contributed by atoms with Crippen molar-refractivity contribution in [1.29, 1.82) is 0 Å². The maximum absolute atomic E-state index is 14.2. The first-order chi connectivity index (χ1) is 15.1. The third-order valence-corrected chi connectivity index (χ3v) is 5.71. The number of halogens is 5. The summed E-state index contributed by atoms with van der Waals surface area (Å²) in [6.07, 6.45) is -2.83. The molecule has 0 radical (unpaired) electrons. The van der Waals surface area contributed by atoms with E-state index in [1.165, 1.54) is 25.3 Å². The van der Waals surface area contributed by atoms with Crippen molar-refractivity contribution in [3.05, 3.63) is 69.2 Å². The van der Waals surface area contributed by atoms with Gasteiger partial charge >= 0.3 is 11.4 Å². The van der Waals surface area contributed by atoms with Gasteiger partial charge < -0.3 is 14.6 Å². The molecule has 0 saturated carbocycles. The lowest BCUT2D eigenvalue weighted by Crippen LogP contribution is -2.17. The number of fused-ring (bicyclic) bond motifs is 3. The molecule has 1 aliphatic heterocycles. The topological polar surface area (TPSA) is 86.5 Å². The largest absolute Gasteiger partial charge is 0.495 e. The number of ether oxygens (including phenoxy) is 2. The van der Waals surface area contributed by atoms with Gasteiger partial charge in [0.25, 0.3) is 0 Å². The highest BCUT2D eigenvalue weighted by Gasteiger charge is 2.42. The standard InChI is InChI=1S/C20H14Cl3F2N3O4/c1-31-13-4-2-3-10(16(13)22)17-11-7-9(21)5-6-12(11)28-18(14(32-17)8-15(29)30)26-27-19(28)20(23,24)25/h2-7,14,17H,8H2,1H3,(H,29,30)/t14-,17-/m1/s1. The summed E-state index contributed by atoms with van der Waals surface area (Å²) in [7, 11) is 1.44. The lowest BCUT2D eigenvalue weighted by molar-refractivity contribution is -0.141. The van der Waals surface area contributed by atoms with Crippen LogP contribution in [-0.4, -0.2) is 33.0 Å². The van der Waals surface area contributed by atoms with Gasteiger partial charge in [-0.05, 0) is 35.9 Å². The number of hydrogen-bond acceptors (Lipinski definition) is 5. The van der Waals surface area contributed by atoms with Gasteiger partial charge in [0.15, 0.2) is 5.82 Å². The Labute approximate surface area is 195 Å². The van der Waals surface area contributed by atoms with E-state index < -0.39 is 35.8 Å². The Morgan fingerprint density at radius 3 is 2.66 bits per heavy atom. The Bertz CT molecular complexity index is 1200. The van der Waals surface area contributed by atoms with Gasteiger partial charge in [0.05, 0.1) is 24.2 Å². The molecule has 2 aromatic carbocycles. The SMILES string of the molecule is COc1cccc([C@H]2O[C@H](CC(=O)O)c3nnc(C(F)(F)Cl)n3-c3ccc(Cl)cc32)c1Cl. The first kappa shape index (κ1) is 22.7. The second-order valence-electron chi connectivity index (χ2n) is 6.88. The van der Waals surface area contributed by atoms with E-state index >= 15 is 0 Å². The van der Waals surface area contributed by atoms with Crippen LogP contribution in [0.5, 0.6) is 5.75 Å². The smallest absolute Gasteiger partial charge is 0.382 e. The number of carboxylic acids is 1. The molecule has 0 bridgehead atoms. The van der Waals surface area contributed by atoms with Crippen LogP contribution < -0.4 is 4.74 Å². The van der Waals surface area contributed by atoms with Crippen molar-refractivity contribution < 1.29 is 28.2 Å². The summed E-state index contributed by atoms with van der Waals surface area (Å²) in [5.74, 6) is -1.91. The Kier molecular flexibility index (Phi) is 6.02. The zero-order valence-electron chi connectivity index (χ0n) is 16.2. The monoisotopic (exact) mass is 503 g/mol. The van der Waals surface area contributed by atoms with Crippen LogP contribution in [0.4, 0.5) is 8.78 Å². The zero-order valence-corrected chi connectivity index (χ0v) is 18.5. The fourth-order valence-corrected chi connectivity index (χ4v) is 4.20. The number of benzene rings is 2. The number of rotatable bonds is 5. The normalized spacial score (nSPS) is 17.9. The predicted octanol–water partition coefficient (Wildman–Crippen LogP) is 5.51. The van der Waals surface area contributed by atoms with E-state index in [1.807, 2.05) is 0 Å². The van der Waals surface area contributed by atoms with E-state index in [-0.39, 0.29) is 16.5 Å². The fraction of sp³-hybridized carbons (Fsp3) is 0.250. The summed E-state index contributed by atoms with van der Waals surface area (Å²) in [6, 6.07) is 9.44. The molecule has 3 aromatic rings. The van der Waals surface area contributed by atoms with Gasteiger partial charge in [-0.25, -0.2) is 0 Å². The highest BCUT2D eigenvalue weighted by Crippen LogP contribution is 2.46. The van der Waals surface area contributed by atoms with Gasteiger partial charge in [-0.2, -0.15) is 8.78 Å². The number of methoxy groups -OCH3 is 1. The third kappa shape index (κ3) is 4.01. The average molecular weight is 505 g/mol. The maximum Gasteiger partial charge on any atom is 0.382 e. The van der Waals surface area contributed by atoms with Gasteiger partial charge in [0, 0.05) is 16.1 Å². The summed E-state index contributed by atoms with van der Waals surface area (Å²) in [5.41, 5.74) is 0.952. The summed E-state index contributed by atoms with van der Waals surface area (Å²) in [6.45, 7) is 0. The molecule has 1 aromatic heterocycles. The van der Waals surface area contributed by atoms with Crippen molar-refractivity contribution in [2.75, 3.05) is 7.11 Å². The van der Waals surface area contributed by atoms with Crippen LogP contribution in [0.15, 0.2) is 36.4 Å². The first-order valence-corrected chi connectivity index (χ1v) is 10.3. The van der Waals surface area contributed by atoms with Crippen LogP contribution >= 0.6 is 34.8 Å². The quantitative estimate of drug-likeness (QED) is 0.461. The van der Waals surface area contributed by atoms with Crippen molar-refractivity contribution >= 4 is 40.8 Å². The summed E-state index contributed by atoms with van der Waals surface area (Å²) in [5, 5.41) is 13.3. The van der Waals surface area contributed by atoms with Crippen LogP contribution in [0.25, 0.3) is 5.69 Å². The second kappa shape index (κ2) is 8.47. The summed E-state index contributed by atoms with van der Waals surface area (Å²) < 4.78 is 40.8. The first-order valence-electron chi connectivity index (χ1n) is 9.13. The van der Waals surface area contributed by atoms with Gasteiger partial charge in [-0.15, -0.1) is 10.2 Å². The molecule has 0 saturated heterocycles.